The van der Waals surface area contributed by atoms with Crippen molar-refractivity contribution >= 4 is 0 Å². The molecule has 0 spiro atoms. The standard InChI is InChI=1S/C15H33NO4/c1-6-16-14(15(2,3)4)13-20-12-11-19-10-9-18-8-7-17-5/h14,16H,6-13H2,1-5H3. The minimum absolute atomic E-state index is 0.200. The smallest absolute Gasteiger partial charge is 0.0701 e. The molecule has 1 unspecified atom stereocenters. The number of methoxy groups -OCH3 is 1. The number of hydrogen-bond donors (Lipinski definition) is 1. The van der Waals surface area contributed by atoms with Crippen LogP contribution in [0.25, 0.3) is 0 Å². The van der Waals surface area contributed by atoms with E-state index in [0.717, 1.165) is 6.54 Å². The maximum atomic E-state index is 5.67. The summed E-state index contributed by atoms with van der Waals surface area (Å²) < 4.78 is 21.3. The molecule has 0 aliphatic carbocycles. The topological polar surface area (TPSA) is 49.0 Å². The van der Waals surface area contributed by atoms with Gasteiger partial charge in [-0.05, 0) is 12.0 Å². The van der Waals surface area contributed by atoms with Crippen molar-refractivity contribution in [1.29, 1.82) is 0 Å². The Morgan fingerprint density at radius 2 is 1.35 bits per heavy atom. The van der Waals surface area contributed by atoms with Gasteiger partial charge < -0.3 is 24.3 Å². The first-order valence-corrected chi connectivity index (χ1v) is 7.48. The summed E-state index contributed by atoms with van der Waals surface area (Å²) in [6, 6.07) is 0.366. The molecule has 0 aromatic rings. The molecule has 0 aromatic carbocycles. The molecule has 0 radical (unpaired) electrons. The third-order valence-corrected chi connectivity index (χ3v) is 2.96. The Morgan fingerprint density at radius 1 is 0.850 bits per heavy atom. The average molecular weight is 291 g/mol. The maximum Gasteiger partial charge on any atom is 0.0701 e. The summed E-state index contributed by atoms with van der Waals surface area (Å²) in [5.74, 6) is 0. The van der Waals surface area contributed by atoms with E-state index < -0.39 is 0 Å². The van der Waals surface area contributed by atoms with Crippen molar-refractivity contribution in [2.75, 3.05) is 59.9 Å². The second-order valence-corrected chi connectivity index (χ2v) is 5.77. The van der Waals surface area contributed by atoms with E-state index in [0.29, 0.717) is 52.3 Å². The Balaban J connectivity index is 3.41. The van der Waals surface area contributed by atoms with Crippen LogP contribution in [0.15, 0.2) is 0 Å². The molecule has 5 nitrogen and oxygen atoms in total. The molecule has 0 aliphatic rings. The van der Waals surface area contributed by atoms with Gasteiger partial charge in [0.1, 0.15) is 0 Å². The summed E-state index contributed by atoms with van der Waals surface area (Å²) in [7, 11) is 1.66. The largest absolute Gasteiger partial charge is 0.382 e. The SMILES string of the molecule is CCNC(COCCOCCOCCOC)C(C)(C)C. The van der Waals surface area contributed by atoms with Crippen LogP contribution in [0.5, 0.6) is 0 Å². The fourth-order valence-corrected chi connectivity index (χ4v) is 1.64. The molecule has 20 heavy (non-hydrogen) atoms. The molecule has 0 heterocycles. The van der Waals surface area contributed by atoms with Gasteiger partial charge in [0.15, 0.2) is 0 Å². The monoisotopic (exact) mass is 291 g/mol. The lowest BCUT2D eigenvalue weighted by atomic mass is 9.87. The van der Waals surface area contributed by atoms with Crippen LogP contribution in [0.4, 0.5) is 0 Å². The Morgan fingerprint density at radius 3 is 1.80 bits per heavy atom. The van der Waals surface area contributed by atoms with Crippen molar-refractivity contribution in [3.63, 3.8) is 0 Å². The number of hydrogen-bond acceptors (Lipinski definition) is 5. The second-order valence-electron chi connectivity index (χ2n) is 5.77. The van der Waals surface area contributed by atoms with Gasteiger partial charge in [-0.2, -0.15) is 0 Å². The molecule has 0 bridgehead atoms. The molecular formula is C15H33NO4. The van der Waals surface area contributed by atoms with Gasteiger partial charge in [0.25, 0.3) is 0 Å². The highest BCUT2D eigenvalue weighted by molar-refractivity contribution is 4.79. The molecule has 0 amide bonds. The minimum atomic E-state index is 0.200. The van der Waals surface area contributed by atoms with Crippen molar-refractivity contribution < 1.29 is 18.9 Å². The number of likely N-dealkylation sites (N-methyl/N-ethyl adjacent to an activating group) is 1. The fourth-order valence-electron chi connectivity index (χ4n) is 1.64. The number of ether oxygens (including phenoxy) is 4. The molecular weight excluding hydrogens is 258 g/mol. The molecule has 1 N–H and O–H groups in total. The quantitative estimate of drug-likeness (QED) is 0.524. The van der Waals surface area contributed by atoms with E-state index in [1.165, 1.54) is 0 Å². The van der Waals surface area contributed by atoms with Crippen LogP contribution in [0.1, 0.15) is 27.7 Å². The molecule has 1 atom stereocenters. The normalized spacial score (nSPS) is 13.7. The maximum absolute atomic E-state index is 5.67. The van der Waals surface area contributed by atoms with E-state index >= 15 is 0 Å². The van der Waals surface area contributed by atoms with Crippen LogP contribution in [0, 0.1) is 5.41 Å². The Bertz CT molecular complexity index is 207. The lowest BCUT2D eigenvalue weighted by Gasteiger charge is -2.31. The van der Waals surface area contributed by atoms with E-state index in [-0.39, 0.29) is 5.41 Å². The molecule has 0 aromatic heterocycles. The van der Waals surface area contributed by atoms with Gasteiger partial charge in [-0.25, -0.2) is 0 Å². The summed E-state index contributed by atoms with van der Waals surface area (Å²) in [6.45, 7) is 14.1. The Kier molecular flexibility index (Phi) is 12.4. The van der Waals surface area contributed by atoms with Gasteiger partial charge in [0.05, 0.1) is 46.2 Å². The highest BCUT2D eigenvalue weighted by atomic mass is 16.6. The molecule has 0 fully saturated rings. The number of nitrogens with one attached hydrogen (secondary N) is 1. The highest BCUT2D eigenvalue weighted by Crippen LogP contribution is 2.19. The Labute approximate surface area is 124 Å². The minimum Gasteiger partial charge on any atom is -0.382 e. The van der Waals surface area contributed by atoms with Gasteiger partial charge in [0, 0.05) is 13.2 Å². The fraction of sp³-hybridized carbons (Fsp3) is 1.00. The zero-order valence-corrected chi connectivity index (χ0v) is 13.9. The van der Waals surface area contributed by atoms with Crippen molar-refractivity contribution in [2.45, 2.75) is 33.7 Å². The van der Waals surface area contributed by atoms with Gasteiger partial charge in [-0.15, -0.1) is 0 Å². The van der Waals surface area contributed by atoms with Crippen LogP contribution in [-0.4, -0.2) is 65.9 Å². The van der Waals surface area contributed by atoms with E-state index in [2.05, 4.69) is 33.0 Å². The van der Waals surface area contributed by atoms with Crippen molar-refractivity contribution in [1.82, 2.24) is 5.32 Å². The second kappa shape index (κ2) is 12.5. The molecule has 0 saturated carbocycles. The lowest BCUT2D eigenvalue weighted by Crippen LogP contribution is -2.43. The Hall–Kier alpha value is -0.200. The molecule has 0 aliphatic heterocycles. The van der Waals surface area contributed by atoms with E-state index in [9.17, 15) is 0 Å². The first kappa shape index (κ1) is 19.8. The van der Waals surface area contributed by atoms with Gasteiger partial charge >= 0.3 is 0 Å². The summed E-state index contributed by atoms with van der Waals surface area (Å²) in [5, 5.41) is 3.46. The zero-order valence-electron chi connectivity index (χ0n) is 13.9. The predicted molar refractivity (Wildman–Crippen MR) is 81.3 cm³/mol. The van der Waals surface area contributed by atoms with Crippen molar-refractivity contribution in [3.8, 4) is 0 Å². The highest BCUT2D eigenvalue weighted by Gasteiger charge is 2.23. The van der Waals surface area contributed by atoms with Crippen LogP contribution < -0.4 is 5.32 Å². The van der Waals surface area contributed by atoms with Crippen molar-refractivity contribution in [2.24, 2.45) is 5.41 Å². The first-order chi connectivity index (χ1) is 9.52. The summed E-state index contributed by atoms with van der Waals surface area (Å²) >= 11 is 0. The molecule has 0 rings (SSSR count). The third kappa shape index (κ3) is 11.6. The summed E-state index contributed by atoms with van der Waals surface area (Å²) in [5.41, 5.74) is 0.200. The first-order valence-electron chi connectivity index (χ1n) is 7.48. The van der Waals surface area contributed by atoms with E-state index in [4.69, 9.17) is 18.9 Å². The third-order valence-electron chi connectivity index (χ3n) is 2.96. The lowest BCUT2D eigenvalue weighted by molar-refractivity contribution is -0.00422. The van der Waals surface area contributed by atoms with Crippen LogP contribution >= 0.6 is 0 Å². The van der Waals surface area contributed by atoms with Gasteiger partial charge in [-0.1, -0.05) is 27.7 Å². The average Bonchev–Trinajstić information content (AvgIpc) is 2.38. The van der Waals surface area contributed by atoms with E-state index in [1.807, 2.05) is 0 Å². The summed E-state index contributed by atoms with van der Waals surface area (Å²) in [4.78, 5) is 0. The van der Waals surface area contributed by atoms with Crippen LogP contribution in [-0.2, 0) is 18.9 Å². The predicted octanol–water partition coefficient (Wildman–Crippen LogP) is 1.71. The van der Waals surface area contributed by atoms with E-state index in [1.54, 1.807) is 7.11 Å². The molecule has 5 heteroatoms. The number of rotatable bonds is 13. The van der Waals surface area contributed by atoms with Gasteiger partial charge in [0.2, 0.25) is 0 Å². The van der Waals surface area contributed by atoms with Crippen molar-refractivity contribution in [3.05, 3.63) is 0 Å². The molecule has 122 valence electrons. The summed E-state index contributed by atoms with van der Waals surface area (Å²) in [6.07, 6.45) is 0. The van der Waals surface area contributed by atoms with Crippen LogP contribution in [0.3, 0.4) is 0 Å². The van der Waals surface area contributed by atoms with Gasteiger partial charge in [-0.3, -0.25) is 0 Å². The zero-order chi connectivity index (χ0) is 15.3. The van der Waals surface area contributed by atoms with Crippen LogP contribution in [0.2, 0.25) is 0 Å². The molecule has 0 saturated heterocycles.